The molecule has 2 amide bonds. The van der Waals surface area contributed by atoms with Crippen molar-refractivity contribution in [1.29, 1.82) is 0 Å². The smallest absolute Gasteiger partial charge is 0.328 e. The molecule has 0 heterocycles. The van der Waals surface area contributed by atoms with E-state index in [4.69, 9.17) is 5.11 Å². The topological polar surface area (TPSA) is 69.6 Å². The summed E-state index contributed by atoms with van der Waals surface area (Å²) in [4.78, 5) is 23.6. The first-order valence-electron chi connectivity index (χ1n) is 4.58. The number of amides is 2. The summed E-state index contributed by atoms with van der Waals surface area (Å²) in [6.45, 7) is 8.74. The van der Waals surface area contributed by atoms with Crippen molar-refractivity contribution in [2.24, 2.45) is 0 Å². The van der Waals surface area contributed by atoms with Crippen molar-refractivity contribution in [2.75, 3.05) is 13.6 Å². The summed E-state index contributed by atoms with van der Waals surface area (Å²) in [7, 11) is 1.59. The maximum atomic E-state index is 11.5. The van der Waals surface area contributed by atoms with E-state index in [-0.39, 0.29) is 0 Å². The van der Waals surface area contributed by atoms with Gasteiger partial charge in [0.15, 0.2) is 0 Å². The van der Waals surface area contributed by atoms with Crippen LogP contribution in [-0.4, -0.2) is 41.1 Å². The molecule has 0 aliphatic carbocycles. The van der Waals surface area contributed by atoms with Crippen LogP contribution in [0.1, 0.15) is 20.8 Å². The van der Waals surface area contributed by atoms with E-state index in [0.29, 0.717) is 6.54 Å². The molecule has 5 nitrogen and oxygen atoms in total. The Hall–Kier alpha value is -1.52. The van der Waals surface area contributed by atoms with E-state index in [9.17, 15) is 9.59 Å². The van der Waals surface area contributed by atoms with Crippen molar-refractivity contribution in [3.8, 4) is 0 Å². The lowest BCUT2D eigenvalue weighted by Gasteiger charge is -2.25. The molecule has 0 aromatic carbocycles. The summed E-state index contributed by atoms with van der Waals surface area (Å²) >= 11 is 0. The van der Waals surface area contributed by atoms with E-state index >= 15 is 0 Å². The van der Waals surface area contributed by atoms with Crippen molar-refractivity contribution >= 4 is 12.0 Å². The highest BCUT2D eigenvalue weighted by atomic mass is 16.4. The number of nitrogens with zero attached hydrogens (tertiary/aromatic N) is 1. The zero-order valence-electron chi connectivity index (χ0n) is 9.63. The molecule has 0 aliphatic heterocycles. The zero-order valence-corrected chi connectivity index (χ0v) is 9.63. The molecule has 5 heteroatoms. The van der Waals surface area contributed by atoms with E-state index in [2.05, 4.69) is 11.9 Å². The second-order valence-corrected chi connectivity index (χ2v) is 4.17. The number of rotatable bonds is 4. The van der Waals surface area contributed by atoms with Crippen molar-refractivity contribution in [3.63, 3.8) is 0 Å². The van der Waals surface area contributed by atoms with Crippen LogP contribution in [0.3, 0.4) is 0 Å². The molecular formula is C10H18N2O3. The fourth-order valence-corrected chi connectivity index (χ4v) is 0.893. The minimum Gasteiger partial charge on any atom is -0.480 e. The van der Waals surface area contributed by atoms with Gasteiger partial charge in [0.25, 0.3) is 0 Å². The van der Waals surface area contributed by atoms with Crippen LogP contribution in [0, 0.1) is 0 Å². The molecule has 15 heavy (non-hydrogen) atoms. The number of carboxylic acid groups (broad SMARTS) is 1. The predicted octanol–water partition coefficient (Wildman–Crippen LogP) is 1.07. The third-order valence-electron chi connectivity index (χ3n) is 1.81. The van der Waals surface area contributed by atoms with Crippen LogP contribution in [0.4, 0.5) is 4.79 Å². The van der Waals surface area contributed by atoms with Crippen LogP contribution in [-0.2, 0) is 4.79 Å². The van der Waals surface area contributed by atoms with Crippen LogP contribution in [0.5, 0.6) is 0 Å². The predicted molar refractivity (Wildman–Crippen MR) is 57.7 cm³/mol. The first-order chi connectivity index (χ1) is 6.66. The molecule has 0 radical (unpaired) electrons. The molecule has 0 saturated carbocycles. The molecule has 0 rings (SSSR count). The lowest BCUT2D eigenvalue weighted by Crippen LogP contribution is -2.53. The van der Waals surface area contributed by atoms with Crippen LogP contribution in [0.2, 0.25) is 0 Å². The highest BCUT2D eigenvalue weighted by Crippen LogP contribution is 2.03. The zero-order chi connectivity index (χ0) is 12.2. The van der Waals surface area contributed by atoms with Gasteiger partial charge in [-0.25, -0.2) is 9.59 Å². The van der Waals surface area contributed by atoms with Crippen molar-refractivity contribution in [2.45, 2.75) is 26.3 Å². The average molecular weight is 214 g/mol. The van der Waals surface area contributed by atoms with Gasteiger partial charge in [-0.3, -0.25) is 0 Å². The Morgan fingerprint density at radius 2 is 1.93 bits per heavy atom. The number of likely N-dealkylation sites (N-methyl/N-ethyl adjacent to an activating group) is 1. The number of aliphatic carboxylic acids is 1. The van der Waals surface area contributed by atoms with Gasteiger partial charge < -0.3 is 15.3 Å². The van der Waals surface area contributed by atoms with E-state index in [0.717, 1.165) is 5.57 Å². The monoisotopic (exact) mass is 214 g/mol. The number of carbonyl (C=O) groups excluding carboxylic acids is 1. The largest absolute Gasteiger partial charge is 0.480 e. The maximum Gasteiger partial charge on any atom is 0.328 e. The molecule has 2 N–H and O–H groups in total. The summed E-state index contributed by atoms with van der Waals surface area (Å²) in [6, 6.07) is -0.426. The molecule has 0 aromatic rings. The second kappa shape index (κ2) is 4.82. The average Bonchev–Trinajstić information content (AvgIpc) is 2.01. The second-order valence-electron chi connectivity index (χ2n) is 4.17. The first kappa shape index (κ1) is 13.5. The minimum atomic E-state index is -1.26. The van der Waals surface area contributed by atoms with E-state index in [1.165, 1.54) is 18.7 Å². The summed E-state index contributed by atoms with van der Waals surface area (Å²) in [5.74, 6) is -1.07. The Bertz CT molecular complexity index is 284. The van der Waals surface area contributed by atoms with Gasteiger partial charge in [-0.15, -0.1) is 0 Å². The standard InChI is InChI=1S/C10H18N2O3/c1-7(2)6-12(5)9(15)11-10(3,4)8(13)14/h1,6H2,2-5H3,(H,11,15)(H,13,14). The Balaban J connectivity index is 4.36. The SMILES string of the molecule is C=C(C)CN(C)C(=O)NC(C)(C)C(=O)O. The highest BCUT2D eigenvalue weighted by Gasteiger charge is 2.29. The Morgan fingerprint density at radius 3 is 2.27 bits per heavy atom. The number of carbonyl (C=O) groups is 2. The van der Waals surface area contributed by atoms with Gasteiger partial charge in [0, 0.05) is 13.6 Å². The number of nitrogens with one attached hydrogen (secondary N) is 1. The lowest BCUT2D eigenvalue weighted by molar-refractivity contribution is -0.143. The van der Waals surface area contributed by atoms with Gasteiger partial charge in [-0.2, -0.15) is 0 Å². The minimum absolute atomic E-state index is 0.404. The highest BCUT2D eigenvalue weighted by molar-refractivity contribution is 5.85. The number of hydrogen-bond donors (Lipinski definition) is 2. The Kier molecular flexibility index (Phi) is 4.33. The van der Waals surface area contributed by atoms with Gasteiger partial charge in [0.2, 0.25) is 0 Å². The lowest BCUT2D eigenvalue weighted by atomic mass is 10.1. The normalized spacial score (nSPS) is 10.7. The molecule has 0 unspecified atom stereocenters. The summed E-state index contributed by atoms with van der Waals surface area (Å²) in [5, 5.41) is 11.2. The van der Waals surface area contributed by atoms with E-state index in [1.807, 2.05) is 0 Å². The molecule has 0 aliphatic rings. The fourth-order valence-electron chi connectivity index (χ4n) is 0.893. The quantitative estimate of drug-likeness (QED) is 0.688. The van der Waals surface area contributed by atoms with Gasteiger partial charge in [0.05, 0.1) is 0 Å². The van der Waals surface area contributed by atoms with Gasteiger partial charge in [-0.1, -0.05) is 12.2 Å². The molecule has 86 valence electrons. The molecular weight excluding hydrogens is 196 g/mol. The van der Waals surface area contributed by atoms with Crippen molar-refractivity contribution in [1.82, 2.24) is 10.2 Å². The molecule has 0 atom stereocenters. The molecule has 0 aromatic heterocycles. The first-order valence-corrected chi connectivity index (χ1v) is 4.58. The molecule has 0 saturated heterocycles. The maximum absolute atomic E-state index is 11.5. The van der Waals surface area contributed by atoms with Crippen molar-refractivity contribution in [3.05, 3.63) is 12.2 Å². The number of carboxylic acids is 1. The third-order valence-corrected chi connectivity index (χ3v) is 1.81. The van der Waals surface area contributed by atoms with Crippen LogP contribution < -0.4 is 5.32 Å². The van der Waals surface area contributed by atoms with Crippen LogP contribution in [0.15, 0.2) is 12.2 Å². The van der Waals surface area contributed by atoms with Gasteiger partial charge in [0.1, 0.15) is 5.54 Å². The van der Waals surface area contributed by atoms with Gasteiger partial charge in [-0.05, 0) is 20.8 Å². The third kappa shape index (κ3) is 4.49. The Labute approximate surface area is 89.8 Å². The number of hydrogen-bond acceptors (Lipinski definition) is 2. The van der Waals surface area contributed by atoms with E-state index < -0.39 is 17.5 Å². The Morgan fingerprint density at radius 1 is 1.47 bits per heavy atom. The van der Waals surface area contributed by atoms with Crippen LogP contribution >= 0.6 is 0 Å². The van der Waals surface area contributed by atoms with Crippen LogP contribution in [0.25, 0.3) is 0 Å². The van der Waals surface area contributed by atoms with Crippen molar-refractivity contribution < 1.29 is 14.7 Å². The summed E-state index contributed by atoms with van der Waals surface area (Å²) in [5.41, 5.74) is -0.429. The number of urea groups is 1. The molecule has 0 spiro atoms. The summed E-state index contributed by atoms with van der Waals surface area (Å²) in [6.07, 6.45) is 0. The van der Waals surface area contributed by atoms with Gasteiger partial charge >= 0.3 is 12.0 Å². The fraction of sp³-hybridized carbons (Fsp3) is 0.600. The summed E-state index contributed by atoms with van der Waals surface area (Å²) < 4.78 is 0. The molecule has 0 fully saturated rings. The molecule has 0 bridgehead atoms. The van der Waals surface area contributed by atoms with E-state index in [1.54, 1.807) is 14.0 Å².